The summed E-state index contributed by atoms with van der Waals surface area (Å²) in [4.78, 5) is 35.4. The van der Waals surface area contributed by atoms with E-state index in [4.69, 9.17) is 12.2 Å². The van der Waals surface area contributed by atoms with Gasteiger partial charge in [0.25, 0.3) is 11.8 Å². The number of benzene rings is 2. The van der Waals surface area contributed by atoms with E-state index < -0.39 is 5.91 Å². The third-order valence-corrected chi connectivity index (χ3v) is 4.20. The molecule has 0 aliphatic carbocycles. The van der Waals surface area contributed by atoms with Crippen LogP contribution < -0.4 is 21.5 Å². The Bertz CT molecular complexity index is 916. The van der Waals surface area contributed by atoms with Gasteiger partial charge < -0.3 is 5.32 Å². The van der Waals surface area contributed by atoms with Crippen molar-refractivity contribution in [3.05, 3.63) is 65.2 Å². The Labute approximate surface area is 175 Å². The van der Waals surface area contributed by atoms with Crippen LogP contribution in [0.2, 0.25) is 0 Å². The molecule has 0 radical (unpaired) electrons. The van der Waals surface area contributed by atoms with E-state index >= 15 is 0 Å². The zero-order chi connectivity index (χ0) is 21.6. The van der Waals surface area contributed by atoms with E-state index in [-0.39, 0.29) is 22.3 Å². The molecule has 0 spiro atoms. The molecular weight excluding hydrogens is 388 g/mol. The molecule has 0 atom stereocenters. The van der Waals surface area contributed by atoms with Crippen LogP contribution in [0.3, 0.4) is 0 Å². The first-order chi connectivity index (χ1) is 13.6. The second-order valence-electron chi connectivity index (χ2n) is 7.45. The predicted octanol–water partition coefficient (Wildman–Crippen LogP) is 2.89. The van der Waals surface area contributed by atoms with Crippen LogP contribution in [-0.2, 0) is 10.2 Å². The first kappa shape index (κ1) is 22.0. The number of hydrogen-bond acceptors (Lipinski definition) is 4. The fourth-order valence-electron chi connectivity index (χ4n) is 2.42. The highest BCUT2D eigenvalue weighted by Gasteiger charge is 2.15. The number of thiocarbonyl (C=S) groups is 1. The molecule has 0 heterocycles. The Kier molecular flexibility index (Phi) is 7.06. The molecule has 2 aromatic carbocycles. The summed E-state index contributed by atoms with van der Waals surface area (Å²) in [5, 5.41) is 5.10. The molecule has 2 rings (SSSR count). The molecule has 8 heteroatoms. The van der Waals surface area contributed by atoms with E-state index in [1.807, 2.05) is 12.1 Å². The zero-order valence-electron chi connectivity index (χ0n) is 16.8. The molecule has 0 aromatic heterocycles. The van der Waals surface area contributed by atoms with Crippen LogP contribution in [0.25, 0.3) is 0 Å². The highest BCUT2D eigenvalue weighted by molar-refractivity contribution is 7.80. The molecule has 2 aromatic rings. The van der Waals surface area contributed by atoms with E-state index in [2.05, 4.69) is 42.3 Å². The summed E-state index contributed by atoms with van der Waals surface area (Å²) in [7, 11) is 0. The molecule has 152 valence electrons. The fraction of sp³-hybridized carbons (Fsp3) is 0.238. The Hall–Kier alpha value is -3.26. The highest BCUT2D eigenvalue weighted by atomic mass is 32.1. The van der Waals surface area contributed by atoms with Gasteiger partial charge in [0.2, 0.25) is 5.91 Å². The summed E-state index contributed by atoms with van der Waals surface area (Å²) in [6.45, 7) is 7.68. The quantitative estimate of drug-likeness (QED) is 0.459. The lowest BCUT2D eigenvalue weighted by molar-refractivity contribution is -0.114. The van der Waals surface area contributed by atoms with Gasteiger partial charge in [0, 0.05) is 23.7 Å². The molecular formula is C21H24N4O3S. The van der Waals surface area contributed by atoms with Crippen molar-refractivity contribution in [2.24, 2.45) is 0 Å². The molecule has 0 aliphatic rings. The topological polar surface area (TPSA) is 99.3 Å². The van der Waals surface area contributed by atoms with Gasteiger partial charge in [-0.25, -0.2) is 0 Å². The van der Waals surface area contributed by atoms with Crippen LogP contribution >= 0.6 is 12.2 Å². The molecule has 29 heavy (non-hydrogen) atoms. The lowest BCUT2D eigenvalue weighted by Gasteiger charge is -2.19. The van der Waals surface area contributed by atoms with Gasteiger partial charge >= 0.3 is 0 Å². The largest absolute Gasteiger partial charge is 0.326 e. The van der Waals surface area contributed by atoms with Gasteiger partial charge in [-0.2, -0.15) is 0 Å². The van der Waals surface area contributed by atoms with E-state index in [0.29, 0.717) is 16.8 Å². The van der Waals surface area contributed by atoms with Crippen molar-refractivity contribution in [3.63, 3.8) is 0 Å². The molecule has 0 saturated heterocycles. The van der Waals surface area contributed by atoms with Gasteiger partial charge in [-0.3, -0.25) is 30.6 Å². The minimum Gasteiger partial charge on any atom is -0.326 e. The Morgan fingerprint density at radius 3 is 1.83 bits per heavy atom. The van der Waals surface area contributed by atoms with Crippen molar-refractivity contribution in [1.82, 2.24) is 16.2 Å². The van der Waals surface area contributed by atoms with E-state index in [1.165, 1.54) is 6.92 Å². The van der Waals surface area contributed by atoms with Gasteiger partial charge in [0.15, 0.2) is 5.11 Å². The standard InChI is InChI=1S/C21H24N4O3S/c1-13(26)22-17-11-7-15(8-12-17)19(28)24-25-20(29)23-18(27)14-5-9-16(10-6-14)21(2,3)4/h5-12H,1-4H3,(H,22,26)(H,24,28)(H2,23,25,27,29). The normalized spacial score (nSPS) is 10.6. The number of hydrogen-bond donors (Lipinski definition) is 4. The average molecular weight is 413 g/mol. The fourth-order valence-corrected chi connectivity index (χ4v) is 2.57. The summed E-state index contributed by atoms with van der Waals surface area (Å²) in [6, 6.07) is 13.6. The summed E-state index contributed by atoms with van der Waals surface area (Å²) in [6.07, 6.45) is 0. The molecule has 0 aliphatic heterocycles. The first-order valence-electron chi connectivity index (χ1n) is 8.96. The number of amides is 3. The van der Waals surface area contributed by atoms with E-state index in [1.54, 1.807) is 36.4 Å². The molecule has 4 N–H and O–H groups in total. The first-order valence-corrected chi connectivity index (χ1v) is 9.37. The molecule has 0 bridgehead atoms. The van der Waals surface area contributed by atoms with Crippen molar-refractivity contribution in [2.45, 2.75) is 33.1 Å². The van der Waals surface area contributed by atoms with Crippen LogP contribution in [0, 0.1) is 0 Å². The lowest BCUT2D eigenvalue weighted by Crippen LogP contribution is -2.48. The van der Waals surface area contributed by atoms with Gasteiger partial charge in [0.1, 0.15) is 0 Å². The number of rotatable bonds is 3. The average Bonchev–Trinajstić information content (AvgIpc) is 2.65. The van der Waals surface area contributed by atoms with E-state index in [0.717, 1.165) is 5.56 Å². The summed E-state index contributed by atoms with van der Waals surface area (Å²) < 4.78 is 0. The predicted molar refractivity (Wildman–Crippen MR) is 117 cm³/mol. The monoisotopic (exact) mass is 412 g/mol. The molecule has 0 saturated carbocycles. The summed E-state index contributed by atoms with van der Waals surface area (Å²) in [5.41, 5.74) is 7.43. The Balaban J connectivity index is 1.86. The Morgan fingerprint density at radius 1 is 0.793 bits per heavy atom. The smallest absolute Gasteiger partial charge is 0.269 e. The summed E-state index contributed by atoms with van der Waals surface area (Å²) >= 11 is 5.05. The lowest BCUT2D eigenvalue weighted by atomic mass is 9.87. The van der Waals surface area contributed by atoms with Gasteiger partial charge in [0.05, 0.1) is 0 Å². The van der Waals surface area contributed by atoms with Gasteiger partial charge in [-0.05, 0) is 59.6 Å². The number of carbonyl (C=O) groups excluding carboxylic acids is 3. The number of hydrazine groups is 1. The maximum atomic E-state index is 12.3. The van der Waals surface area contributed by atoms with Crippen molar-refractivity contribution >= 4 is 40.7 Å². The SMILES string of the molecule is CC(=O)Nc1ccc(C(=O)NNC(=S)NC(=O)c2ccc(C(C)(C)C)cc2)cc1. The van der Waals surface area contributed by atoms with Crippen molar-refractivity contribution in [3.8, 4) is 0 Å². The molecule has 3 amide bonds. The number of nitrogens with one attached hydrogen (secondary N) is 4. The maximum Gasteiger partial charge on any atom is 0.269 e. The zero-order valence-corrected chi connectivity index (χ0v) is 17.6. The van der Waals surface area contributed by atoms with Crippen LogP contribution in [0.1, 0.15) is 54.0 Å². The van der Waals surface area contributed by atoms with Gasteiger partial charge in [-0.15, -0.1) is 0 Å². The Morgan fingerprint density at radius 2 is 1.31 bits per heavy atom. The van der Waals surface area contributed by atoms with Crippen LogP contribution in [0.5, 0.6) is 0 Å². The summed E-state index contributed by atoms with van der Waals surface area (Å²) in [5.74, 6) is -1.01. The maximum absolute atomic E-state index is 12.3. The highest BCUT2D eigenvalue weighted by Crippen LogP contribution is 2.22. The van der Waals surface area contributed by atoms with Crippen molar-refractivity contribution < 1.29 is 14.4 Å². The third-order valence-electron chi connectivity index (χ3n) is 4.00. The van der Waals surface area contributed by atoms with Crippen LogP contribution in [0.15, 0.2) is 48.5 Å². The van der Waals surface area contributed by atoms with Gasteiger partial charge in [-0.1, -0.05) is 32.9 Å². The molecule has 0 unspecified atom stereocenters. The minimum atomic E-state index is -0.439. The second-order valence-corrected chi connectivity index (χ2v) is 7.86. The van der Waals surface area contributed by atoms with Crippen molar-refractivity contribution in [1.29, 1.82) is 0 Å². The van der Waals surface area contributed by atoms with Crippen LogP contribution in [-0.4, -0.2) is 22.8 Å². The van der Waals surface area contributed by atoms with Crippen LogP contribution in [0.4, 0.5) is 5.69 Å². The number of anilines is 1. The third kappa shape index (κ3) is 6.69. The van der Waals surface area contributed by atoms with Crippen molar-refractivity contribution in [2.75, 3.05) is 5.32 Å². The molecule has 7 nitrogen and oxygen atoms in total. The molecule has 0 fully saturated rings. The minimum absolute atomic E-state index is 0.00349. The second kappa shape index (κ2) is 9.29. The number of carbonyl (C=O) groups is 3. The van der Waals surface area contributed by atoms with E-state index in [9.17, 15) is 14.4 Å².